The summed E-state index contributed by atoms with van der Waals surface area (Å²) in [5.41, 5.74) is 0.460. The van der Waals surface area contributed by atoms with Gasteiger partial charge in [-0.2, -0.15) is 0 Å². The van der Waals surface area contributed by atoms with Crippen LogP contribution in [0.4, 0.5) is 18.3 Å². The minimum Gasteiger partial charge on any atom is -0.497 e. The van der Waals surface area contributed by atoms with Crippen LogP contribution in [0.1, 0.15) is 11.5 Å². The summed E-state index contributed by atoms with van der Waals surface area (Å²) in [6.07, 6.45) is 0. The number of anilines is 1. The number of hydrogen-bond acceptors (Lipinski definition) is 6. The maximum Gasteiger partial charge on any atom is 0.243 e. The zero-order valence-corrected chi connectivity index (χ0v) is 15.9. The van der Waals surface area contributed by atoms with E-state index < -0.39 is 29.5 Å². The summed E-state index contributed by atoms with van der Waals surface area (Å²) >= 11 is 1.15. The first kappa shape index (κ1) is 19.2. The monoisotopic (exact) mass is 420 g/mol. The van der Waals surface area contributed by atoms with Gasteiger partial charge >= 0.3 is 0 Å². The first-order chi connectivity index (χ1) is 14.0. The molecule has 1 fully saturated rings. The maximum absolute atomic E-state index is 14.5. The fraction of sp³-hybridized carbons (Fsp3) is 0.211. The average Bonchev–Trinajstić information content (AvgIpc) is 3.30. The molecule has 6 nitrogen and oxygen atoms in total. The van der Waals surface area contributed by atoms with E-state index in [1.54, 1.807) is 12.1 Å². The molecule has 2 N–H and O–H groups in total. The summed E-state index contributed by atoms with van der Waals surface area (Å²) in [6, 6.07) is 6.96. The van der Waals surface area contributed by atoms with E-state index in [4.69, 9.17) is 4.74 Å². The van der Waals surface area contributed by atoms with Crippen molar-refractivity contribution in [3.05, 3.63) is 59.4 Å². The summed E-state index contributed by atoms with van der Waals surface area (Å²) < 4.78 is 47.0. The highest BCUT2D eigenvalue weighted by molar-refractivity contribution is 7.18. The molecule has 0 aliphatic carbocycles. The average molecular weight is 420 g/mol. The molecule has 1 aliphatic heterocycles. The van der Waals surface area contributed by atoms with Gasteiger partial charge in [0.2, 0.25) is 11.0 Å². The number of methoxy groups -OCH3 is 1. The summed E-state index contributed by atoms with van der Waals surface area (Å²) in [5.74, 6) is -3.09. The number of nitrogens with one attached hydrogen (secondary N) is 2. The number of benzene rings is 2. The van der Waals surface area contributed by atoms with Crippen LogP contribution in [0.25, 0.3) is 10.6 Å². The first-order valence-corrected chi connectivity index (χ1v) is 9.44. The molecule has 0 unspecified atom stereocenters. The van der Waals surface area contributed by atoms with Crippen molar-refractivity contribution >= 4 is 22.4 Å². The molecule has 29 heavy (non-hydrogen) atoms. The van der Waals surface area contributed by atoms with E-state index in [0.29, 0.717) is 15.7 Å². The van der Waals surface area contributed by atoms with E-state index in [2.05, 4.69) is 20.8 Å². The van der Waals surface area contributed by atoms with E-state index >= 15 is 0 Å². The molecule has 0 bridgehead atoms. The smallest absolute Gasteiger partial charge is 0.243 e. The minimum atomic E-state index is -0.929. The highest BCUT2D eigenvalue weighted by atomic mass is 32.1. The first-order valence-electron chi connectivity index (χ1n) is 8.63. The Morgan fingerprint density at radius 3 is 2.48 bits per heavy atom. The number of carbonyl (C=O) groups excluding carboxylic acids is 1. The van der Waals surface area contributed by atoms with Gasteiger partial charge in [-0.05, 0) is 24.3 Å². The highest BCUT2D eigenvalue weighted by Gasteiger charge is 2.39. The number of ether oxygens (including phenoxy) is 1. The van der Waals surface area contributed by atoms with Crippen molar-refractivity contribution in [3.63, 3.8) is 0 Å². The fourth-order valence-corrected chi connectivity index (χ4v) is 4.00. The molecule has 0 radical (unpaired) electrons. The third-order valence-electron chi connectivity index (χ3n) is 4.64. The van der Waals surface area contributed by atoms with Crippen LogP contribution in [0.2, 0.25) is 0 Å². The standard InChI is InChI=1S/C19H15F3N4O2S/c1-28-11-6-13(21)15(14(22)7-11)12-8-23-17(27)16(12)24-19-26-25-18(29-19)9-2-4-10(20)5-3-9/h2-7,12,16H,8H2,1H3,(H,23,27)(H,24,26)/t12-,16-/m0/s1. The molecule has 1 saturated heterocycles. The Bertz CT molecular complexity index is 1030. The van der Waals surface area contributed by atoms with Crippen molar-refractivity contribution in [2.75, 3.05) is 19.0 Å². The van der Waals surface area contributed by atoms with Gasteiger partial charge in [-0.3, -0.25) is 4.79 Å². The van der Waals surface area contributed by atoms with E-state index in [0.717, 1.165) is 23.5 Å². The van der Waals surface area contributed by atoms with Crippen LogP contribution in [0.3, 0.4) is 0 Å². The molecule has 10 heteroatoms. The van der Waals surface area contributed by atoms with Crippen LogP contribution >= 0.6 is 11.3 Å². The number of carbonyl (C=O) groups is 1. The van der Waals surface area contributed by atoms with Crippen LogP contribution in [-0.4, -0.2) is 35.8 Å². The molecule has 2 atom stereocenters. The Kier molecular flexibility index (Phi) is 5.10. The van der Waals surface area contributed by atoms with Crippen LogP contribution < -0.4 is 15.4 Å². The number of rotatable bonds is 5. The van der Waals surface area contributed by atoms with E-state index in [9.17, 15) is 18.0 Å². The number of halogens is 3. The van der Waals surface area contributed by atoms with Crippen molar-refractivity contribution in [3.8, 4) is 16.3 Å². The number of amides is 1. The van der Waals surface area contributed by atoms with Crippen LogP contribution in [0, 0.1) is 17.5 Å². The maximum atomic E-state index is 14.5. The lowest BCUT2D eigenvalue weighted by atomic mass is 9.93. The van der Waals surface area contributed by atoms with Gasteiger partial charge in [-0.1, -0.05) is 11.3 Å². The molecule has 0 saturated carbocycles. The third-order valence-corrected chi connectivity index (χ3v) is 5.54. The van der Waals surface area contributed by atoms with Crippen LogP contribution in [0.5, 0.6) is 5.75 Å². The largest absolute Gasteiger partial charge is 0.497 e. The lowest BCUT2D eigenvalue weighted by Crippen LogP contribution is -2.33. The van der Waals surface area contributed by atoms with Crippen molar-refractivity contribution in [1.82, 2.24) is 15.5 Å². The van der Waals surface area contributed by atoms with Gasteiger partial charge in [0.15, 0.2) is 0 Å². The van der Waals surface area contributed by atoms with Gasteiger partial charge in [0.1, 0.15) is 34.3 Å². The molecular formula is C19H15F3N4O2S. The summed E-state index contributed by atoms with van der Waals surface area (Å²) in [4.78, 5) is 12.3. The van der Waals surface area contributed by atoms with E-state index in [1.165, 1.54) is 19.2 Å². The molecule has 0 spiro atoms. The topological polar surface area (TPSA) is 76.1 Å². The molecule has 1 aromatic heterocycles. The van der Waals surface area contributed by atoms with Gasteiger partial charge < -0.3 is 15.4 Å². The normalized spacial score (nSPS) is 18.6. The van der Waals surface area contributed by atoms with Gasteiger partial charge in [0.25, 0.3) is 0 Å². The lowest BCUT2D eigenvalue weighted by molar-refractivity contribution is -0.119. The molecule has 2 aromatic carbocycles. The SMILES string of the molecule is COc1cc(F)c([C@@H]2CNC(=O)[C@H]2Nc2nnc(-c3ccc(F)cc3)s2)c(F)c1. The second-order valence-corrected chi connectivity index (χ2v) is 7.38. The summed E-state index contributed by atoms with van der Waals surface area (Å²) in [6.45, 7) is 0.0697. The Hall–Kier alpha value is -3.14. The zero-order chi connectivity index (χ0) is 20.5. The van der Waals surface area contributed by atoms with Crippen molar-refractivity contribution in [2.24, 2.45) is 0 Å². The van der Waals surface area contributed by atoms with Gasteiger partial charge in [0, 0.05) is 35.7 Å². The predicted molar refractivity (Wildman–Crippen MR) is 101 cm³/mol. The number of aromatic nitrogens is 2. The molecular weight excluding hydrogens is 405 g/mol. The fourth-order valence-electron chi connectivity index (χ4n) is 3.21. The van der Waals surface area contributed by atoms with Gasteiger partial charge in [-0.25, -0.2) is 13.2 Å². The Balaban J connectivity index is 1.59. The third kappa shape index (κ3) is 3.75. The number of hydrogen-bond donors (Lipinski definition) is 2. The van der Waals surface area contributed by atoms with Crippen molar-refractivity contribution < 1.29 is 22.7 Å². The molecule has 1 aliphatic rings. The minimum absolute atomic E-state index is 0.0543. The van der Waals surface area contributed by atoms with Gasteiger partial charge in [-0.15, -0.1) is 10.2 Å². The second kappa shape index (κ2) is 7.70. The quantitative estimate of drug-likeness (QED) is 0.662. The van der Waals surface area contributed by atoms with Gasteiger partial charge in [0.05, 0.1) is 7.11 Å². The molecule has 1 amide bonds. The summed E-state index contributed by atoms with van der Waals surface area (Å²) in [5, 5.41) is 14.4. The molecule has 4 rings (SSSR count). The molecule has 3 aromatic rings. The Morgan fingerprint density at radius 1 is 1.14 bits per heavy atom. The Morgan fingerprint density at radius 2 is 1.83 bits per heavy atom. The predicted octanol–water partition coefficient (Wildman–Crippen LogP) is 3.33. The number of nitrogens with zero attached hydrogens (tertiary/aromatic N) is 2. The summed E-state index contributed by atoms with van der Waals surface area (Å²) in [7, 11) is 1.31. The highest BCUT2D eigenvalue weighted by Crippen LogP contribution is 2.34. The van der Waals surface area contributed by atoms with Crippen molar-refractivity contribution in [1.29, 1.82) is 0 Å². The lowest BCUT2D eigenvalue weighted by Gasteiger charge is -2.19. The molecule has 150 valence electrons. The van der Waals surface area contributed by atoms with Crippen LogP contribution in [0.15, 0.2) is 36.4 Å². The van der Waals surface area contributed by atoms with Crippen LogP contribution in [-0.2, 0) is 4.79 Å². The zero-order valence-electron chi connectivity index (χ0n) is 15.1. The van der Waals surface area contributed by atoms with Crippen molar-refractivity contribution in [2.45, 2.75) is 12.0 Å². The second-order valence-electron chi connectivity index (χ2n) is 6.40. The Labute approximate surface area is 167 Å². The van der Waals surface area contributed by atoms with E-state index in [-0.39, 0.29) is 23.7 Å². The molecule has 2 heterocycles. The van der Waals surface area contributed by atoms with E-state index in [1.807, 2.05) is 0 Å².